The smallest absolute Gasteiger partial charge is 0.408 e. The SMILES string of the molecule is CCC(C)C(NC(=O)OCc1ccccc1)C(=O)Oc1cc2oc(=O)c3c(c2cc1Cl)CCC3. The lowest BCUT2D eigenvalue weighted by Crippen LogP contribution is -2.47. The van der Waals surface area contributed by atoms with Gasteiger partial charge in [0.1, 0.15) is 18.2 Å². The van der Waals surface area contributed by atoms with Crippen LogP contribution in [0.25, 0.3) is 11.0 Å². The van der Waals surface area contributed by atoms with Crippen molar-refractivity contribution < 1.29 is 23.5 Å². The number of hydrogen-bond donors (Lipinski definition) is 1. The molecule has 4 rings (SSSR count). The van der Waals surface area contributed by atoms with E-state index in [4.69, 9.17) is 25.5 Å². The van der Waals surface area contributed by atoms with E-state index in [0.717, 1.165) is 29.4 Å². The van der Waals surface area contributed by atoms with Gasteiger partial charge in [-0.15, -0.1) is 0 Å². The van der Waals surface area contributed by atoms with Crippen LogP contribution in [-0.2, 0) is 29.0 Å². The van der Waals surface area contributed by atoms with Crippen LogP contribution in [0.2, 0.25) is 5.02 Å². The van der Waals surface area contributed by atoms with Gasteiger partial charge in [0.05, 0.1) is 5.02 Å². The van der Waals surface area contributed by atoms with Gasteiger partial charge in [0.25, 0.3) is 0 Å². The van der Waals surface area contributed by atoms with Gasteiger partial charge in [0.15, 0.2) is 5.75 Å². The van der Waals surface area contributed by atoms with E-state index in [1.165, 1.54) is 6.07 Å². The fourth-order valence-corrected chi connectivity index (χ4v) is 4.30. The minimum Gasteiger partial charge on any atom is -0.445 e. The number of halogens is 1. The second kappa shape index (κ2) is 10.3. The van der Waals surface area contributed by atoms with Gasteiger partial charge in [0.2, 0.25) is 0 Å². The van der Waals surface area contributed by atoms with E-state index in [0.29, 0.717) is 24.0 Å². The molecule has 34 heavy (non-hydrogen) atoms. The molecule has 1 aliphatic rings. The van der Waals surface area contributed by atoms with Gasteiger partial charge < -0.3 is 19.2 Å². The van der Waals surface area contributed by atoms with E-state index < -0.39 is 18.1 Å². The number of esters is 1. The molecule has 0 saturated carbocycles. The first kappa shape index (κ1) is 23.8. The van der Waals surface area contributed by atoms with Crippen molar-refractivity contribution in [1.29, 1.82) is 0 Å². The molecule has 7 nitrogen and oxygen atoms in total. The largest absolute Gasteiger partial charge is 0.445 e. The van der Waals surface area contributed by atoms with E-state index in [2.05, 4.69) is 5.32 Å². The van der Waals surface area contributed by atoms with Crippen LogP contribution in [0.15, 0.2) is 51.7 Å². The van der Waals surface area contributed by atoms with E-state index in [1.807, 2.05) is 44.2 Å². The summed E-state index contributed by atoms with van der Waals surface area (Å²) in [6.07, 6.45) is 2.24. The van der Waals surface area contributed by atoms with Gasteiger partial charge in [-0.3, -0.25) is 0 Å². The van der Waals surface area contributed by atoms with Crippen LogP contribution >= 0.6 is 11.6 Å². The van der Waals surface area contributed by atoms with Crippen molar-refractivity contribution in [1.82, 2.24) is 5.32 Å². The molecule has 0 radical (unpaired) electrons. The Morgan fingerprint density at radius 3 is 2.62 bits per heavy atom. The van der Waals surface area contributed by atoms with Crippen LogP contribution in [-0.4, -0.2) is 18.1 Å². The lowest BCUT2D eigenvalue weighted by Gasteiger charge is -2.22. The Balaban J connectivity index is 1.51. The molecule has 3 aromatic rings. The van der Waals surface area contributed by atoms with Gasteiger partial charge in [-0.1, -0.05) is 62.2 Å². The van der Waals surface area contributed by atoms with Crippen LogP contribution in [0.4, 0.5) is 4.79 Å². The minimum absolute atomic E-state index is 0.0630. The summed E-state index contributed by atoms with van der Waals surface area (Å²) in [6, 6.07) is 11.4. The molecular formula is C26H26ClNO6. The van der Waals surface area contributed by atoms with Crippen LogP contribution in [0, 0.1) is 5.92 Å². The van der Waals surface area contributed by atoms with Crippen LogP contribution in [0.5, 0.6) is 5.75 Å². The molecule has 0 bridgehead atoms. The van der Waals surface area contributed by atoms with Gasteiger partial charge in [-0.2, -0.15) is 0 Å². The molecule has 2 atom stereocenters. The topological polar surface area (TPSA) is 94.8 Å². The molecular weight excluding hydrogens is 458 g/mol. The molecule has 0 aliphatic heterocycles. The third kappa shape index (κ3) is 5.09. The van der Waals surface area contributed by atoms with Crippen molar-refractivity contribution in [2.45, 2.75) is 52.2 Å². The fraction of sp³-hybridized carbons (Fsp3) is 0.346. The third-order valence-electron chi connectivity index (χ3n) is 6.19. The fourth-order valence-electron chi connectivity index (χ4n) is 4.09. The Bertz CT molecular complexity index is 1270. The average molecular weight is 484 g/mol. The lowest BCUT2D eigenvalue weighted by molar-refractivity contribution is -0.138. The van der Waals surface area contributed by atoms with Crippen LogP contribution in [0.1, 0.15) is 43.4 Å². The van der Waals surface area contributed by atoms with Gasteiger partial charge in [-0.05, 0) is 42.4 Å². The molecule has 1 amide bonds. The number of carbonyl (C=O) groups is 2. The summed E-state index contributed by atoms with van der Waals surface area (Å²) in [6.45, 7) is 3.81. The molecule has 1 N–H and O–H groups in total. The quantitative estimate of drug-likeness (QED) is 0.282. The van der Waals surface area contributed by atoms with E-state index in [9.17, 15) is 14.4 Å². The zero-order valence-electron chi connectivity index (χ0n) is 19.1. The molecule has 0 spiro atoms. The Morgan fingerprint density at radius 2 is 1.88 bits per heavy atom. The molecule has 1 heterocycles. The van der Waals surface area contributed by atoms with Crippen molar-refractivity contribution in [3.05, 3.63) is 74.6 Å². The van der Waals surface area contributed by atoms with E-state index in [-0.39, 0.29) is 28.9 Å². The third-order valence-corrected chi connectivity index (χ3v) is 6.49. The highest BCUT2D eigenvalue weighted by atomic mass is 35.5. The number of aryl methyl sites for hydroxylation is 1. The minimum atomic E-state index is -0.952. The van der Waals surface area contributed by atoms with Gasteiger partial charge in [0, 0.05) is 17.0 Å². The van der Waals surface area contributed by atoms with Gasteiger partial charge >= 0.3 is 17.7 Å². The molecule has 178 valence electrons. The average Bonchev–Trinajstić information content (AvgIpc) is 3.33. The molecule has 2 unspecified atom stereocenters. The van der Waals surface area contributed by atoms with Crippen molar-refractivity contribution in [2.24, 2.45) is 5.92 Å². The first-order valence-corrected chi connectivity index (χ1v) is 11.7. The highest BCUT2D eigenvalue weighted by Gasteiger charge is 2.29. The van der Waals surface area contributed by atoms with E-state index >= 15 is 0 Å². The summed E-state index contributed by atoms with van der Waals surface area (Å²) < 4.78 is 16.3. The van der Waals surface area contributed by atoms with Crippen molar-refractivity contribution in [2.75, 3.05) is 0 Å². The second-order valence-electron chi connectivity index (χ2n) is 8.47. The number of nitrogens with one attached hydrogen (secondary N) is 1. The summed E-state index contributed by atoms with van der Waals surface area (Å²) in [5.74, 6) is -0.846. The van der Waals surface area contributed by atoms with Crippen molar-refractivity contribution in [3.8, 4) is 5.75 Å². The summed E-state index contributed by atoms with van der Waals surface area (Å²) in [5, 5.41) is 3.57. The molecule has 8 heteroatoms. The molecule has 0 fully saturated rings. The maximum Gasteiger partial charge on any atom is 0.408 e. The number of amides is 1. The number of carbonyl (C=O) groups excluding carboxylic acids is 2. The van der Waals surface area contributed by atoms with Gasteiger partial charge in [-0.25, -0.2) is 14.4 Å². The zero-order valence-corrected chi connectivity index (χ0v) is 19.8. The molecule has 2 aromatic carbocycles. The monoisotopic (exact) mass is 483 g/mol. The summed E-state index contributed by atoms with van der Waals surface area (Å²) >= 11 is 6.42. The first-order valence-electron chi connectivity index (χ1n) is 11.3. The van der Waals surface area contributed by atoms with Crippen molar-refractivity contribution in [3.63, 3.8) is 0 Å². The predicted octanol–water partition coefficient (Wildman–Crippen LogP) is 5.18. The first-order chi connectivity index (χ1) is 16.4. The maximum absolute atomic E-state index is 13.0. The van der Waals surface area contributed by atoms with E-state index in [1.54, 1.807) is 6.07 Å². The molecule has 1 aromatic heterocycles. The highest BCUT2D eigenvalue weighted by molar-refractivity contribution is 6.33. The van der Waals surface area contributed by atoms with Crippen LogP contribution < -0.4 is 15.7 Å². The Kier molecular flexibility index (Phi) is 7.22. The molecule has 1 aliphatic carbocycles. The summed E-state index contributed by atoms with van der Waals surface area (Å²) in [7, 11) is 0. The summed E-state index contributed by atoms with van der Waals surface area (Å²) in [5.41, 5.74) is 2.39. The Hall–Kier alpha value is -3.32. The number of alkyl carbamates (subject to hydrolysis) is 1. The highest BCUT2D eigenvalue weighted by Crippen LogP contribution is 2.35. The Labute approximate surface area is 202 Å². The second-order valence-corrected chi connectivity index (χ2v) is 8.88. The van der Waals surface area contributed by atoms with Crippen molar-refractivity contribution >= 4 is 34.6 Å². The number of ether oxygens (including phenoxy) is 2. The zero-order chi connectivity index (χ0) is 24.2. The Morgan fingerprint density at radius 1 is 1.15 bits per heavy atom. The number of rotatable bonds is 7. The predicted molar refractivity (Wildman–Crippen MR) is 128 cm³/mol. The lowest BCUT2D eigenvalue weighted by atomic mass is 9.99. The molecule has 0 saturated heterocycles. The number of benzene rings is 2. The standard InChI is InChI=1S/C26H26ClNO6/c1-3-15(2)23(28-26(31)32-14-16-8-5-4-6-9-16)25(30)34-22-13-21-19(12-20(22)27)17-10-7-11-18(17)24(29)33-21/h4-6,8-9,12-13,15,23H,3,7,10-11,14H2,1-2H3,(H,28,31). The number of fused-ring (bicyclic) bond motifs is 3. The summed E-state index contributed by atoms with van der Waals surface area (Å²) in [4.78, 5) is 37.7. The number of hydrogen-bond acceptors (Lipinski definition) is 6. The maximum atomic E-state index is 13.0. The van der Waals surface area contributed by atoms with Crippen LogP contribution in [0.3, 0.4) is 0 Å². The normalized spacial score (nSPS) is 14.3.